The van der Waals surface area contributed by atoms with E-state index in [1.807, 2.05) is 0 Å². The molecule has 0 spiro atoms. The van der Waals surface area contributed by atoms with Crippen molar-refractivity contribution < 1.29 is 23.8 Å². The first-order valence-electron chi connectivity index (χ1n) is 9.28. The van der Waals surface area contributed by atoms with Gasteiger partial charge in [-0.15, -0.1) is 0 Å². The Morgan fingerprint density at radius 3 is 2.50 bits per heavy atom. The van der Waals surface area contributed by atoms with Crippen LogP contribution in [0.3, 0.4) is 0 Å². The summed E-state index contributed by atoms with van der Waals surface area (Å²) in [5.41, 5.74) is 1.43. The molecule has 8 heteroatoms. The summed E-state index contributed by atoms with van der Waals surface area (Å²) in [7, 11) is 2.87. The summed E-state index contributed by atoms with van der Waals surface area (Å²) in [5.74, 6) is -1.01. The van der Waals surface area contributed by atoms with E-state index >= 15 is 0 Å². The Morgan fingerprint density at radius 1 is 1.13 bits per heavy atom. The number of hydrogen-bond donors (Lipinski definition) is 2. The highest BCUT2D eigenvalue weighted by molar-refractivity contribution is 5.88. The lowest BCUT2D eigenvalue weighted by Crippen LogP contribution is -2.20. The first kappa shape index (κ1) is 22.5. The van der Waals surface area contributed by atoms with E-state index in [9.17, 15) is 9.59 Å². The second-order valence-electron chi connectivity index (χ2n) is 5.91. The van der Waals surface area contributed by atoms with E-state index in [0.717, 1.165) is 11.4 Å². The molecule has 0 bridgehead atoms. The van der Waals surface area contributed by atoms with E-state index in [-0.39, 0.29) is 12.3 Å². The average molecular weight is 411 g/mol. The van der Waals surface area contributed by atoms with Crippen LogP contribution in [0.25, 0.3) is 0 Å². The van der Waals surface area contributed by atoms with Crippen molar-refractivity contribution >= 4 is 17.6 Å². The molecule has 0 saturated carbocycles. The second-order valence-corrected chi connectivity index (χ2v) is 5.91. The SMILES string of the molecule is CCOC(=O)C(/C=C/N/C(=C\Nc1ccc(OC)cc1)C(=O)OC)c1ccccn1. The van der Waals surface area contributed by atoms with E-state index in [0.29, 0.717) is 5.69 Å². The fourth-order valence-corrected chi connectivity index (χ4v) is 2.44. The van der Waals surface area contributed by atoms with Gasteiger partial charge in [0.1, 0.15) is 17.4 Å². The second kappa shape index (κ2) is 11.9. The number of benzene rings is 1. The molecule has 2 aromatic rings. The molecular formula is C22H25N3O5. The predicted molar refractivity (Wildman–Crippen MR) is 113 cm³/mol. The number of esters is 2. The molecule has 0 amide bonds. The summed E-state index contributed by atoms with van der Waals surface area (Å²) in [6, 6.07) is 12.5. The van der Waals surface area contributed by atoms with E-state index in [2.05, 4.69) is 15.6 Å². The van der Waals surface area contributed by atoms with Gasteiger partial charge < -0.3 is 24.8 Å². The molecule has 0 aliphatic carbocycles. The van der Waals surface area contributed by atoms with Gasteiger partial charge in [0.15, 0.2) is 0 Å². The van der Waals surface area contributed by atoms with E-state index in [1.54, 1.807) is 68.8 Å². The number of anilines is 1. The van der Waals surface area contributed by atoms with Crippen molar-refractivity contribution in [2.45, 2.75) is 12.8 Å². The van der Waals surface area contributed by atoms with Crippen molar-refractivity contribution in [2.24, 2.45) is 0 Å². The molecular weight excluding hydrogens is 386 g/mol. The van der Waals surface area contributed by atoms with Crippen molar-refractivity contribution in [1.82, 2.24) is 10.3 Å². The minimum absolute atomic E-state index is 0.146. The van der Waals surface area contributed by atoms with Crippen molar-refractivity contribution in [3.8, 4) is 5.75 Å². The standard InChI is InChI=1S/C22H25N3O5/c1-4-30-21(26)18(19-7-5-6-13-23-19)12-14-24-20(22(27)29-3)15-25-16-8-10-17(28-2)11-9-16/h5-15,18,24-25H,4H2,1-3H3/b14-12+,20-15-. The van der Waals surface area contributed by atoms with Gasteiger partial charge in [-0.05, 0) is 55.6 Å². The van der Waals surface area contributed by atoms with Crippen LogP contribution in [0.4, 0.5) is 5.69 Å². The third-order valence-electron chi connectivity index (χ3n) is 3.95. The molecule has 0 fully saturated rings. The summed E-state index contributed by atoms with van der Waals surface area (Å²) in [6.07, 6.45) is 6.12. The van der Waals surface area contributed by atoms with Crippen LogP contribution in [-0.2, 0) is 19.1 Å². The highest BCUT2D eigenvalue weighted by atomic mass is 16.5. The van der Waals surface area contributed by atoms with Gasteiger partial charge in [-0.2, -0.15) is 0 Å². The lowest BCUT2D eigenvalue weighted by atomic mass is 10.1. The smallest absolute Gasteiger partial charge is 0.355 e. The molecule has 0 aliphatic heterocycles. The van der Waals surface area contributed by atoms with Crippen LogP contribution in [0, 0.1) is 0 Å². The molecule has 2 N–H and O–H groups in total. The molecule has 1 heterocycles. The first-order valence-corrected chi connectivity index (χ1v) is 9.28. The lowest BCUT2D eigenvalue weighted by molar-refractivity contribution is -0.143. The summed E-state index contributed by atoms with van der Waals surface area (Å²) in [5, 5.41) is 5.85. The number of nitrogens with one attached hydrogen (secondary N) is 2. The highest BCUT2D eigenvalue weighted by Crippen LogP contribution is 2.17. The summed E-state index contributed by atoms with van der Waals surface area (Å²) in [6.45, 7) is 1.99. The fraction of sp³-hybridized carbons (Fsp3) is 0.227. The number of aromatic nitrogens is 1. The molecule has 0 radical (unpaired) electrons. The van der Waals surface area contributed by atoms with Gasteiger partial charge in [0.2, 0.25) is 0 Å². The maximum atomic E-state index is 12.3. The van der Waals surface area contributed by atoms with Gasteiger partial charge in [0.25, 0.3) is 0 Å². The van der Waals surface area contributed by atoms with E-state index in [4.69, 9.17) is 14.2 Å². The quantitative estimate of drug-likeness (QED) is 0.455. The summed E-state index contributed by atoms with van der Waals surface area (Å²) >= 11 is 0. The number of nitrogens with zero attached hydrogens (tertiary/aromatic N) is 1. The minimum Gasteiger partial charge on any atom is -0.497 e. The molecule has 1 aromatic carbocycles. The van der Waals surface area contributed by atoms with Gasteiger partial charge in [0.05, 0.1) is 26.5 Å². The van der Waals surface area contributed by atoms with Crippen LogP contribution < -0.4 is 15.4 Å². The Morgan fingerprint density at radius 2 is 1.90 bits per heavy atom. The molecule has 1 unspecified atom stereocenters. The van der Waals surface area contributed by atoms with Gasteiger partial charge >= 0.3 is 11.9 Å². The topological polar surface area (TPSA) is 98.8 Å². The Hall–Kier alpha value is -3.81. The zero-order chi connectivity index (χ0) is 21.8. The van der Waals surface area contributed by atoms with Crippen molar-refractivity contribution in [3.05, 3.63) is 78.5 Å². The monoisotopic (exact) mass is 411 g/mol. The van der Waals surface area contributed by atoms with Crippen LogP contribution in [-0.4, -0.2) is 37.7 Å². The number of carbonyl (C=O) groups is 2. The molecule has 158 valence electrons. The molecule has 2 rings (SSSR count). The Kier molecular flexibility index (Phi) is 8.92. The zero-order valence-electron chi connectivity index (χ0n) is 17.1. The molecule has 0 aliphatic rings. The number of rotatable bonds is 10. The summed E-state index contributed by atoms with van der Waals surface area (Å²) < 4.78 is 15.0. The average Bonchev–Trinajstić information content (AvgIpc) is 2.79. The van der Waals surface area contributed by atoms with Gasteiger partial charge in [-0.3, -0.25) is 9.78 Å². The summed E-state index contributed by atoms with van der Waals surface area (Å²) in [4.78, 5) is 28.6. The highest BCUT2D eigenvalue weighted by Gasteiger charge is 2.20. The number of carbonyl (C=O) groups excluding carboxylic acids is 2. The first-order chi connectivity index (χ1) is 14.6. The zero-order valence-corrected chi connectivity index (χ0v) is 17.1. The Labute approximate surface area is 175 Å². The van der Waals surface area contributed by atoms with Crippen molar-refractivity contribution in [3.63, 3.8) is 0 Å². The van der Waals surface area contributed by atoms with Crippen LogP contribution in [0.1, 0.15) is 18.5 Å². The largest absolute Gasteiger partial charge is 0.497 e. The lowest BCUT2D eigenvalue weighted by Gasteiger charge is -2.12. The van der Waals surface area contributed by atoms with Crippen molar-refractivity contribution in [1.29, 1.82) is 0 Å². The number of pyridine rings is 1. The third kappa shape index (κ3) is 6.66. The predicted octanol–water partition coefficient (Wildman–Crippen LogP) is 2.97. The molecule has 1 atom stereocenters. The maximum absolute atomic E-state index is 12.3. The van der Waals surface area contributed by atoms with Crippen molar-refractivity contribution in [2.75, 3.05) is 26.1 Å². The van der Waals surface area contributed by atoms with E-state index in [1.165, 1.54) is 19.5 Å². The molecule has 8 nitrogen and oxygen atoms in total. The fourth-order valence-electron chi connectivity index (χ4n) is 2.44. The number of ether oxygens (including phenoxy) is 3. The van der Waals surface area contributed by atoms with Gasteiger partial charge in [-0.25, -0.2) is 4.79 Å². The molecule has 1 aromatic heterocycles. The Bertz CT molecular complexity index is 879. The normalized spacial score (nSPS) is 12.2. The van der Waals surface area contributed by atoms with Crippen LogP contribution >= 0.6 is 0 Å². The van der Waals surface area contributed by atoms with Crippen LogP contribution in [0.5, 0.6) is 5.75 Å². The van der Waals surface area contributed by atoms with Crippen LogP contribution in [0.2, 0.25) is 0 Å². The van der Waals surface area contributed by atoms with E-state index < -0.39 is 17.9 Å². The number of methoxy groups -OCH3 is 2. The molecule has 0 saturated heterocycles. The minimum atomic E-state index is -0.716. The maximum Gasteiger partial charge on any atom is 0.355 e. The van der Waals surface area contributed by atoms with Gasteiger partial charge in [0, 0.05) is 18.1 Å². The number of hydrogen-bond acceptors (Lipinski definition) is 8. The van der Waals surface area contributed by atoms with Gasteiger partial charge in [-0.1, -0.05) is 6.07 Å². The third-order valence-corrected chi connectivity index (χ3v) is 3.95. The Balaban J connectivity index is 2.14. The van der Waals surface area contributed by atoms with Crippen LogP contribution in [0.15, 0.2) is 72.8 Å². The molecule has 30 heavy (non-hydrogen) atoms.